The molecule has 0 heterocycles. The van der Waals surface area contributed by atoms with Crippen LogP contribution in [0.4, 0.5) is 0 Å². The number of rotatable bonds is 15. The molecule has 3 aromatic rings. The minimum atomic E-state index is -0.879. The summed E-state index contributed by atoms with van der Waals surface area (Å²) in [4.78, 5) is 0. The standard InChI is InChI=1S/C32H42O9/c1-32(26-8-20(14-36-2)29(33)21(9-26)15-37-3,27-10-22(16-38-4)30(34)23(11-27)17-39-5)28-12-24(18-40-6)31(35)25(13-28)19-41-7/h8-13,33-35H,14-19H2,1-7H3. The van der Waals surface area contributed by atoms with E-state index in [1.54, 1.807) is 42.7 Å². The summed E-state index contributed by atoms with van der Waals surface area (Å²) in [6.45, 7) is 3.18. The van der Waals surface area contributed by atoms with Crippen molar-refractivity contribution in [3.8, 4) is 17.2 Å². The number of ether oxygens (including phenoxy) is 6. The van der Waals surface area contributed by atoms with Gasteiger partial charge in [-0.25, -0.2) is 0 Å². The fourth-order valence-electron chi connectivity index (χ4n) is 5.24. The molecule has 0 amide bonds. The van der Waals surface area contributed by atoms with Crippen LogP contribution in [0.3, 0.4) is 0 Å². The third-order valence-electron chi connectivity index (χ3n) is 7.33. The largest absolute Gasteiger partial charge is 0.507 e. The lowest BCUT2D eigenvalue weighted by Crippen LogP contribution is -2.27. The highest BCUT2D eigenvalue weighted by molar-refractivity contribution is 5.59. The van der Waals surface area contributed by atoms with Crippen LogP contribution in [0.1, 0.15) is 57.0 Å². The van der Waals surface area contributed by atoms with E-state index in [2.05, 4.69) is 6.92 Å². The van der Waals surface area contributed by atoms with Crippen molar-refractivity contribution in [2.45, 2.75) is 52.0 Å². The predicted octanol–water partition coefficient (Wildman–Crippen LogP) is 5.04. The van der Waals surface area contributed by atoms with Crippen LogP contribution in [0, 0.1) is 0 Å². The zero-order valence-corrected chi connectivity index (χ0v) is 25.0. The van der Waals surface area contributed by atoms with Gasteiger partial charge in [0.05, 0.1) is 39.6 Å². The van der Waals surface area contributed by atoms with Crippen molar-refractivity contribution in [3.63, 3.8) is 0 Å². The minimum Gasteiger partial charge on any atom is -0.507 e. The lowest BCUT2D eigenvalue weighted by Gasteiger charge is -2.35. The van der Waals surface area contributed by atoms with Gasteiger partial charge < -0.3 is 43.7 Å². The van der Waals surface area contributed by atoms with Crippen LogP contribution in [0.2, 0.25) is 0 Å². The van der Waals surface area contributed by atoms with Crippen LogP contribution in [-0.2, 0) is 73.5 Å². The molecule has 0 aliphatic carbocycles. The summed E-state index contributed by atoms with van der Waals surface area (Å²) in [6, 6.07) is 11.5. The van der Waals surface area contributed by atoms with E-state index >= 15 is 0 Å². The molecular formula is C32H42O9. The Labute approximate surface area is 242 Å². The highest BCUT2D eigenvalue weighted by atomic mass is 16.5. The lowest BCUT2D eigenvalue weighted by molar-refractivity contribution is 0.174. The first-order valence-corrected chi connectivity index (χ1v) is 13.2. The fourth-order valence-corrected chi connectivity index (χ4v) is 5.24. The van der Waals surface area contributed by atoms with Gasteiger partial charge in [-0.05, 0) is 60.0 Å². The average molecular weight is 571 g/mol. The molecule has 3 rings (SSSR count). The summed E-state index contributed by atoms with van der Waals surface area (Å²) in [7, 11) is 9.44. The van der Waals surface area contributed by atoms with E-state index in [4.69, 9.17) is 28.4 Å². The molecule has 224 valence electrons. The number of benzene rings is 3. The SMILES string of the molecule is COCc1cc(C(C)(c2cc(COC)c(O)c(COC)c2)c2cc(COC)c(O)c(COC)c2)cc(COC)c1O. The molecule has 0 fully saturated rings. The highest BCUT2D eigenvalue weighted by Gasteiger charge is 2.35. The number of phenolic OH excluding ortho intramolecular Hbond substituents is 3. The summed E-state index contributed by atoms with van der Waals surface area (Å²) in [5.41, 5.74) is 5.24. The molecule has 0 aliphatic heterocycles. The Morgan fingerprint density at radius 3 is 0.732 bits per heavy atom. The van der Waals surface area contributed by atoms with Gasteiger partial charge in [0, 0.05) is 81.5 Å². The first-order valence-electron chi connectivity index (χ1n) is 13.2. The van der Waals surface area contributed by atoms with Crippen molar-refractivity contribution in [1.29, 1.82) is 0 Å². The summed E-state index contributed by atoms with van der Waals surface area (Å²) < 4.78 is 32.5. The van der Waals surface area contributed by atoms with Gasteiger partial charge >= 0.3 is 0 Å². The van der Waals surface area contributed by atoms with E-state index in [-0.39, 0.29) is 56.9 Å². The van der Waals surface area contributed by atoms with E-state index in [1.165, 1.54) is 0 Å². The second-order valence-corrected chi connectivity index (χ2v) is 10.2. The maximum atomic E-state index is 11.0. The normalized spacial score (nSPS) is 11.8. The first kappa shape index (κ1) is 32.3. The third-order valence-corrected chi connectivity index (χ3v) is 7.33. The minimum absolute atomic E-state index is 0.108. The molecule has 0 spiro atoms. The zero-order chi connectivity index (χ0) is 30.2. The first-order chi connectivity index (χ1) is 19.7. The molecule has 0 bridgehead atoms. The maximum absolute atomic E-state index is 11.0. The molecule has 3 aromatic carbocycles. The highest BCUT2D eigenvalue weighted by Crippen LogP contribution is 2.45. The Bertz CT molecular complexity index is 1080. The Hall–Kier alpha value is -3.18. The van der Waals surface area contributed by atoms with E-state index in [0.717, 1.165) is 16.7 Å². The van der Waals surface area contributed by atoms with Crippen LogP contribution in [0.5, 0.6) is 17.2 Å². The van der Waals surface area contributed by atoms with Gasteiger partial charge in [0.25, 0.3) is 0 Å². The van der Waals surface area contributed by atoms with E-state index in [0.29, 0.717) is 33.4 Å². The van der Waals surface area contributed by atoms with E-state index < -0.39 is 5.41 Å². The van der Waals surface area contributed by atoms with Crippen LogP contribution in [0.15, 0.2) is 36.4 Å². The number of hydrogen-bond donors (Lipinski definition) is 3. The topological polar surface area (TPSA) is 116 Å². The van der Waals surface area contributed by atoms with Crippen molar-refractivity contribution < 1.29 is 43.7 Å². The van der Waals surface area contributed by atoms with E-state index in [1.807, 2.05) is 36.4 Å². The Morgan fingerprint density at radius 2 is 0.585 bits per heavy atom. The summed E-state index contributed by atoms with van der Waals surface area (Å²) in [5, 5.41) is 33.1. The van der Waals surface area contributed by atoms with Crippen LogP contribution in [-0.4, -0.2) is 58.0 Å². The Balaban J connectivity index is 2.50. The van der Waals surface area contributed by atoms with Crippen molar-refractivity contribution in [1.82, 2.24) is 0 Å². The number of aromatic hydroxyl groups is 3. The Kier molecular flexibility index (Phi) is 11.5. The quantitative estimate of drug-likeness (QED) is 0.216. The molecule has 0 saturated heterocycles. The second kappa shape index (κ2) is 14.6. The van der Waals surface area contributed by atoms with Crippen molar-refractivity contribution >= 4 is 0 Å². The smallest absolute Gasteiger partial charge is 0.126 e. The molecule has 3 N–H and O–H groups in total. The van der Waals surface area contributed by atoms with Gasteiger partial charge in [-0.15, -0.1) is 0 Å². The predicted molar refractivity (Wildman–Crippen MR) is 154 cm³/mol. The van der Waals surface area contributed by atoms with Gasteiger partial charge in [0.15, 0.2) is 0 Å². The van der Waals surface area contributed by atoms with Gasteiger partial charge in [-0.3, -0.25) is 0 Å². The zero-order valence-electron chi connectivity index (χ0n) is 25.0. The average Bonchev–Trinajstić information content (AvgIpc) is 2.95. The number of hydrogen-bond acceptors (Lipinski definition) is 9. The van der Waals surface area contributed by atoms with Gasteiger partial charge in [0.1, 0.15) is 17.2 Å². The number of methoxy groups -OCH3 is 6. The lowest BCUT2D eigenvalue weighted by atomic mass is 9.69. The molecule has 0 atom stereocenters. The van der Waals surface area contributed by atoms with Crippen molar-refractivity contribution in [2.24, 2.45) is 0 Å². The van der Waals surface area contributed by atoms with E-state index in [9.17, 15) is 15.3 Å². The monoisotopic (exact) mass is 570 g/mol. The van der Waals surface area contributed by atoms with Crippen molar-refractivity contribution in [2.75, 3.05) is 42.7 Å². The molecule has 0 radical (unpaired) electrons. The van der Waals surface area contributed by atoms with Crippen LogP contribution in [0.25, 0.3) is 0 Å². The summed E-state index contributed by atoms with van der Waals surface area (Å²) in [6.07, 6.45) is 0. The van der Waals surface area contributed by atoms with Gasteiger partial charge in [-0.2, -0.15) is 0 Å². The molecule has 0 saturated carbocycles. The van der Waals surface area contributed by atoms with Crippen LogP contribution >= 0.6 is 0 Å². The molecule has 9 nitrogen and oxygen atoms in total. The summed E-state index contributed by atoms with van der Waals surface area (Å²) >= 11 is 0. The summed E-state index contributed by atoms with van der Waals surface area (Å²) in [5.74, 6) is 0.324. The molecule has 41 heavy (non-hydrogen) atoms. The molecule has 0 aliphatic rings. The maximum Gasteiger partial charge on any atom is 0.126 e. The Morgan fingerprint density at radius 1 is 0.415 bits per heavy atom. The molecule has 0 aromatic heterocycles. The number of phenols is 3. The third kappa shape index (κ3) is 6.83. The second-order valence-electron chi connectivity index (χ2n) is 10.2. The van der Waals surface area contributed by atoms with Gasteiger partial charge in [-0.1, -0.05) is 0 Å². The van der Waals surface area contributed by atoms with Crippen molar-refractivity contribution in [3.05, 3.63) is 86.5 Å². The molecule has 0 unspecified atom stereocenters. The molecule has 9 heteroatoms. The molecular weight excluding hydrogens is 528 g/mol. The van der Waals surface area contributed by atoms with Crippen LogP contribution < -0.4 is 0 Å². The fraction of sp³-hybridized carbons (Fsp3) is 0.438. The van der Waals surface area contributed by atoms with Gasteiger partial charge in [0.2, 0.25) is 0 Å².